The average molecular weight is 326 g/mol. The van der Waals surface area contributed by atoms with Crippen LogP contribution in [0.2, 0.25) is 0 Å². The molecule has 2 aliphatic rings. The number of carbonyl (C=O) groups excluding carboxylic acids is 1. The number of piperidine rings is 1. The van der Waals surface area contributed by atoms with Crippen molar-refractivity contribution >= 4 is 22.8 Å². The Morgan fingerprint density at radius 1 is 1.17 bits per heavy atom. The summed E-state index contributed by atoms with van der Waals surface area (Å²) in [5, 5.41) is 10.3. The van der Waals surface area contributed by atoms with Gasteiger partial charge in [0.1, 0.15) is 0 Å². The molecule has 5 nitrogen and oxygen atoms in total. The zero-order valence-corrected chi connectivity index (χ0v) is 13.8. The Morgan fingerprint density at radius 3 is 2.54 bits per heavy atom. The number of aryl methyl sites for hydroxylation is 1. The van der Waals surface area contributed by atoms with Crippen LogP contribution in [0, 0.1) is 18.8 Å². The van der Waals surface area contributed by atoms with Gasteiger partial charge in [-0.25, -0.2) is 0 Å². The van der Waals surface area contributed by atoms with E-state index >= 15 is 0 Å². The van der Waals surface area contributed by atoms with E-state index in [0.29, 0.717) is 12.3 Å². The number of likely N-dealkylation sites (tertiary alicyclic amines) is 1. The lowest BCUT2D eigenvalue weighted by molar-refractivity contribution is -0.142. The van der Waals surface area contributed by atoms with E-state index in [1.165, 1.54) is 22.2 Å². The normalized spacial score (nSPS) is 24.3. The standard InChI is InChI=1S/C19H22N2O3/c1-11-17(13-4-2-3-5-16(13)20-11)12-6-8-21(9-7-12)18(22)14-10-15(14)19(23)24/h2-5,12,14-15,20H,6-10H2,1H3,(H,23,24). The van der Waals surface area contributed by atoms with Gasteiger partial charge in [-0.05, 0) is 43.7 Å². The molecule has 2 unspecified atom stereocenters. The van der Waals surface area contributed by atoms with Crippen LogP contribution in [0.15, 0.2) is 24.3 Å². The van der Waals surface area contributed by atoms with Crippen molar-refractivity contribution in [3.05, 3.63) is 35.5 Å². The maximum atomic E-state index is 12.4. The van der Waals surface area contributed by atoms with Crippen LogP contribution in [0.25, 0.3) is 10.9 Å². The number of carbonyl (C=O) groups is 2. The summed E-state index contributed by atoms with van der Waals surface area (Å²) in [5.41, 5.74) is 3.77. The zero-order chi connectivity index (χ0) is 16.8. The van der Waals surface area contributed by atoms with Gasteiger partial charge >= 0.3 is 5.97 Å². The van der Waals surface area contributed by atoms with Crippen LogP contribution in [0.5, 0.6) is 0 Å². The van der Waals surface area contributed by atoms with E-state index in [2.05, 4.69) is 30.1 Å². The van der Waals surface area contributed by atoms with Crippen molar-refractivity contribution < 1.29 is 14.7 Å². The Hall–Kier alpha value is -2.30. The molecule has 126 valence electrons. The molecule has 0 spiro atoms. The van der Waals surface area contributed by atoms with Gasteiger partial charge in [0.25, 0.3) is 0 Å². The number of carboxylic acids is 1. The molecule has 1 saturated carbocycles. The van der Waals surface area contributed by atoms with Crippen LogP contribution >= 0.6 is 0 Å². The maximum absolute atomic E-state index is 12.4. The molecule has 1 aromatic heterocycles. The van der Waals surface area contributed by atoms with Crippen LogP contribution in [0.3, 0.4) is 0 Å². The molecule has 2 atom stereocenters. The number of aromatic nitrogens is 1. The molecule has 0 radical (unpaired) electrons. The highest BCUT2D eigenvalue weighted by Crippen LogP contribution is 2.42. The number of amides is 1. The summed E-state index contributed by atoms with van der Waals surface area (Å²) in [6, 6.07) is 8.37. The van der Waals surface area contributed by atoms with Crippen LogP contribution in [0.4, 0.5) is 0 Å². The Labute approximate surface area is 140 Å². The highest BCUT2D eigenvalue weighted by Gasteiger charge is 2.50. The van der Waals surface area contributed by atoms with Gasteiger partial charge in [-0.1, -0.05) is 18.2 Å². The van der Waals surface area contributed by atoms with Gasteiger partial charge in [0, 0.05) is 29.7 Å². The van der Waals surface area contributed by atoms with E-state index in [4.69, 9.17) is 5.11 Å². The number of aliphatic carboxylic acids is 1. The number of nitrogens with one attached hydrogen (secondary N) is 1. The summed E-state index contributed by atoms with van der Waals surface area (Å²) in [5.74, 6) is -1.08. The smallest absolute Gasteiger partial charge is 0.307 e. The third kappa shape index (κ3) is 2.48. The van der Waals surface area contributed by atoms with Gasteiger partial charge in [-0.2, -0.15) is 0 Å². The maximum Gasteiger partial charge on any atom is 0.307 e. The SMILES string of the molecule is Cc1[nH]c2ccccc2c1C1CCN(C(=O)C2CC2C(=O)O)CC1. The number of fused-ring (bicyclic) bond motifs is 1. The van der Waals surface area contributed by atoms with E-state index in [1.807, 2.05) is 11.0 Å². The first-order valence-corrected chi connectivity index (χ1v) is 8.65. The van der Waals surface area contributed by atoms with Crippen molar-refractivity contribution in [2.24, 2.45) is 11.8 Å². The molecule has 1 aliphatic heterocycles. The number of hydrogen-bond donors (Lipinski definition) is 2. The Morgan fingerprint density at radius 2 is 1.88 bits per heavy atom. The van der Waals surface area contributed by atoms with Crippen LogP contribution in [0.1, 0.15) is 36.4 Å². The summed E-state index contributed by atoms with van der Waals surface area (Å²) in [6.07, 6.45) is 2.40. The summed E-state index contributed by atoms with van der Waals surface area (Å²) in [4.78, 5) is 28.7. The molecule has 2 aromatic rings. The highest BCUT2D eigenvalue weighted by molar-refractivity contribution is 5.89. The van der Waals surface area contributed by atoms with E-state index in [1.54, 1.807) is 0 Å². The van der Waals surface area contributed by atoms with Gasteiger partial charge < -0.3 is 15.0 Å². The largest absolute Gasteiger partial charge is 0.481 e. The number of nitrogens with zero attached hydrogens (tertiary/aromatic N) is 1. The second kappa shape index (κ2) is 5.65. The van der Waals surface area contributed by atoms with Gasteiger partial charge in [-0.3, -0.25) is 9.59 Å². The zero-order valence-electron chi connectivity index (χ0n) is 13.8. The molecule has 2 fully saturated rings. The highest BCUT2D eigenvalue weighted by atomic mass is 16.4. The summed E-state index contributed by atoms with van der Waals surface area (Å²) < 4.78 is 0. The predicted octanol–water partition coefficient (Wildman–Crippen LogP) is 2.90. The number of benzene rings is 1. The Balaban J connectivity index is 1.45. The molecule has 1 aromatic carbocycles. The van der Waals surface area contributed by atoms with Crippen LogP contribution < -0.4 is 0 Å². The van der Waals surface area contributed by atoms with E-state index in [9.17, 15) is 9.59 Å². The number of rotatable bonds is 3. The van der Waals surface area contributed by atoms with Gasteiger partial charge in [0.05, 0.1) is 11.8 Å². The first kappa shape index (κ1) is 15.2. The average Bonchev–Trinajstić information content (AvgIpc) is 3.31. The molecule has 1 aliphatic carbocycles. The predicted molar refractivity (Wildman–Crippen MR) is 90.8 cm³/mol. The van der Waals surface area contributed by atoms with Gasteiger partial charge in [-0.15, -0.1) is 0 Å². The minimum Gasteiger partial charge on any atom is -0.481 e. The minimum atomic E-state index is -0.836. The van der Waals surface area contributed by atoms with E-state index in [0.717, 1.165) is 25.9 Å². The molecular weight excluding hydrogens is 304 g/mol. The molecule has 1 saturated heterocycles. The lowest BCUT2D eigenvalue weighted by atomic mass is 9.87. The first-order valence-electron chi connectivity index (χ1n) is 8.65. The molecular formula is C19H22N2O3. The third-order valence-corrected chi connectivity index (χ3v) is 5.58. The van der Waals surface area contributed by atoms with E-state index in [-0.39, 0.29) is 11.8 Å². The lowest BCUT2D eigenvalue weighted by Gasteiger charge is -2.32. The molecule has 5 heteroatoms. The number of aromatic amines is 1. The van der Waals surface area contributed by atoms with Crippen molar-refractivity contribution in [3.8, 4) is 0 Å². The summed E-state index contributed by atoms with van der Waals surface area (Å²) in [6.45, 7) is 3.57. The fourth-order valence-corrected chi connectivity index (χ4v) is 4.19. The second-order valence-electron chi connectivity index (χ2n) is 7.10. The Bertz CT molecular complexity index is 802. The molecule has 4 rings (SSSR count). The molecule has 0 bridgehead atoms. The van der Waals surface area contributed by atoms with Crippen molar-refractivity contribution in [2.45, 2.75) is 32.1 Å². The number of para-hydroxylation sites is 1. The van der Waals surface area contributed by atoms with Crippen LogP contribution in [-0.2, 0) is 9.59 Å². The molecule has 2 N–H and O–H groups in total. The van der Waals surface area contributed by atoms with Crippen molar-refractivity contribution in [3.63, 3.8) is 0 Å². The third-order valence-electron chi connectivity index (χ3n) is 5.58. The number of H-pyrrole nitrogens is 1. The van der Waals surface area contributed by atoms with E-state index < -0.39 is 11.9 Å². The van der Waals surface area contributed by atoms with Crippen molar-refractivity contribution in [1.82, 2.24) is 9.88 Å². The monoisotopic (exact) mass is 326 g/mol. The minimum absolute atomic E-state index is 0.0384. The van der Waals surface area contributed by atoms with Gasteiger partial charge in [0.2, 0.25) is 5.91 Å². The van der Waals surface area contributed by atoms with Crippen molar-refractivity contribution in [2.75, 3.05) is 13.1 Å². The second-order valence-corrected chi connectivity index (χ2v) is 7.10. The van der Waals surface area contributed by atoms with Crippen molar-refractivity contribution in [1.29, 1.82) is 0 Å². The number of hydrogen-bond acceptors (Lipinski definition) is 2. The quantitative estimate of drug-likeness (QED) is 0.911. The first-order chi connectivity index (χ1) is 11.6. The fourth-order valence-electron chi connectivity index (χ4n) is 4.19. The molecule has 2 heterocycles. The summed E-state index contributed by atoms with van der Waals surface area (Å²) in [7, 11) is 0. The topological polar surface area (TPSA) is 73.4 Å². The summed E-state index contributed by atoms with van der Waals surface area (Å²) >= 11 is 0. The molecule has 1 amide bonds. The van der Waals surface area contributed by atoms with Gasteiger partial charge in [0.15, 0.2) is 0 Å². The van der Waals surface area contributed by atoms with Crippen LogP contribution in [-0.4, -0.2) is 40.0 Å². The fraction of sp³-hybridized carbons (Fsp3) is 0.474. The number of carboxylic acid groups (broad SMARTS) is 1. The molecule has 24 heavy (non-hydrogen) atoms. The Kier molecular flexibility index (Phi) is 3.59. The lowest BCUT2D eigenvalue weighted by Crippen LogP contribution is -2.39.